The van der Waals surface area contributed by atoms with Gasteiger partial charge < -0.3 is 10.2 Å². The molecule has 0 aliphatic rings. The van der Waals surface area contributed by atoms with Crippen molar-refractivity contribution in [1.29, 1.82) is 0 Å². The van der Waals surface area contributed by atoms with E-state index in [-0.39, 0.29) is 17.8 Å². The summed E-state index contributed by atoms with van der Waals surface area (Å²) in [5, 5.41) is 2.69. The predicted molar refractivity (Wildman–Crippen MR) is 85.9 cm³/mol. The molecule has 0 saturated heterocycles. The van der Waals surface area contributed by atoms with E-state index in [2.05, 4.69) is 10.3 Å². The second-order valence-electron chi connectivity index (χ2n) is 5.57. The molecule has 0 fully saturated rings. The van der Waals surface area contributed by atoms with Gasteiger partial charge in [-0.3, -0.25) is 4.79 Å². The number of alkyl halides is 3. The zero-order valence-electron chi connectivity index (χ0n) is 13.6. The average Bonchev–Trinajstić information content (AvgIpc) is 2.52. The number of aromatic nitrogens is 1. The number of nitrogens with one attached hydrogen (secondary N) is 1. The molecule has 0 radical (unpaired) electrons. The van der Waals surface area contributed by atoms with Crippen LogP contribution in [0.4, 0.5) is 18.9 Å². The normalized spacial score (nSPS) is 11.2. The number of pyridine rings is 1. The summed E-state index contributed by atoms with van der Waals surface area (Å²) in [4.78, 5) is 17.6. The number of anilines is 1. The van der Waals surface area contributed by atoms with Gasteiger partial charge in [-0.05, 0) is 36.8 Å². The second kappa shape index (κ2) is 6.90. The molecule has 4 nitrogen and oxygen atoms in total. The van der Waals surface area contributed by atoms with Crippen molar-refractivity contribution in [3.05, 3.63) is 58.9 Å². The monoisotopic (exact) mass is 337 g/mol. The molecule has 1 N–H and O–H groups in total. The van der Waals surface area contributed by atoms with Gasteiger partial charge in [0.05, 0.1) is 11.3 Å². The largest absolute Gasteiger partial charge is 0.433 e. The molecule has 1 aromatic heterocycles. The van der Waals surface area contributed by atoms with Crippen LogP contribution in [0.2, 0.25) is 0 Å². The van der Waals surface area contributed by atoms with Crippen LogP contribution in [0, 0.1) is 6.92 Å². The molecular formula is C17H18F3N3O. The maximum atomic E-state index is 12.6. The van der Waals surface area contributed by atoms with E-state index in [4.69, 9.17) is 0 Å². The van der Waals surface area contributed by atoms with Gasteiger partial charge >= 0.3 is 6.18 Å². The van der Waals surface area contributed by atoms with Crippen molar-refractivity contribution in [1.82, 2.24) is 10.3 Å². The van der Waals surface area contributed by atoms with Gasteiger partial charge in [-0.1, -0.05) is 12.1 Å². The summed E-state index contributed by atoms with van der Waals surface area (Å²) in [6.07, 6.45) is -4.52. The number of rotatable bonds is 4. The first kappa shape index (κ1) is 17.8. The number of nitrogens with zero attached hydrogens (tertiary/aromatic N) is 2. The Morgan fingerprint density at radius 1 is 1.12 bits per heavy atom. The Bertz CT molecular complexity index is 725. The number of hydrogen-bond acceptors (Lipinski definition) is 3. The Morgan fingerprint density at radius 2 is 1.75 bits per heavy atom. The molecule has 0 aliphatic carbocycles. The fourth-order valence-electron chi connectivity index (χ4n) is 2.15. The van der Waals surface area contributed by atoms with Gasteiger partial charge in [-0.2, -0.15) is 13.2 Å². The Hall–Kier alpha value is -2.57. The smallest absolute Gasteiger partial charge is 0.378 e. The van der Waals surface area contributed by atoms with E-state index in [0.717, 1.165) is 23.4 Å². The Morgan fingerprint density at radius 3 is 2.25 bits per heavy atom. The lowest BCUT2D eigenvalue weighted by molar-refractivity contribution is -0.141. The molecule has 0 bridgehead atoms. The molecule has 0 aliphatic heterocycles. The SMILES string of the molecule is Cc1nc(C(F)(F)F)ccc1C(=O)NCc1ccc(N(C)C)cc1. The summed E-state index contributed by atoms with van der Waals surface area (Å²) < 4.78 is 37.8. The third-order valence-electron chi connectivity index (χ3n) is 3.53. The van der Waals surface area contributed by atoms with Crippen LogP contribution in [-0.2, 0) is 12.7 Å². The molecule has 0 spiro atoms. The molecule has 24 heavy (non-hydrogen) atoms. The lowest BCUT2D eigenvalue weighted by Crippen LogP contribution is -2.24. The first-order chi connectivity index (χ1) is 11.2. The van der Waals surface area contributed by atoms with E-state index in [1.165, 1.54) is 6.92 Å². The summed E-state index contributed by atoms with van der Waals surface area (Å²) in [5.74, 6) is -0.453. The maximum absolute atomic E-state index is 12.6. The maximum Gasteiger partial charge on any atom is 0.433 e. The van der Waals surface area contributed by atoms with Crippen LogP contribution < -0.4 is 10.2 Å². The van der Waals surface area contributed by atoms with Crippen molar-refractivity contribution in [3.8, 4) is 0 Å². The van der Waals surface area contributed by atoms with Crippen LogP contribution in [0.3, 0.4) is 0 Å². The predicted octanol–water partition coefficient (Wildman–Crippen LogP) is 3.40. The van der Waals surface area contributed by atoms with Gasteiger partial charge in [-0.25, -0.2) is 4.98 Å². The second-order valence-corrected chi connectivity index (χ2v) is 5.57. The first-order valence-corrected chi connectivity index (χ1v) is 7.28. The van der Waals surface area contributed by atoms with Crippen molar-refractivity contribution in [2.45, 2.75) is 19.6 Å². The molecular weight excluding hydrogens is 319 g/mol. The van der Waals surface area contributed by atoms with Crippen LogP contribution in [-0.4, -0.2) is 25.0 Å². The van der Waals surface area contributed by atoms with E-state index in [0.29, 0.717) is 0 Å². The quantitative estimate of drug-likeness (QED) is 0.930. The number of carbonyl (C=O) groups excluding carboxylic acids is 1. The molecule has 2 aromatic rings. The summed E-state index contributed by atoms with van der Waals surface area (Å²) >= 11 is 0. The molecule has 128 valence electrons. The zero-order valence-corrected chi connectivity index (χ0v) is 13.6. The van der Waals surface area contributed by atoms with Crippen molar-refractivity contribution >= 4 is 11.6 Å². The topological polar surface area (TPSA) is 45.2 Å². The summed E-state index contributed by atoms with van der Waals surface area (Å²) in [6, 6.07) is 9.57. The number of hydrogen-bond donors (Lipinski definition) is 1. The molecule has 1 heterocycles. The van der Waals surface area contributed by atoms with Crippen LogP contribution in [0.1, 0.15) is 27.3 Å². The minimum absolute atomic E-state index is 0.0466. The minimum Gasteiger partial charge on any atom is -0.378 e. The molecule has 0 unspecified atom stereocenters. The van der Waals surface area contributed by atoms with Gasteiger partial charge in [0.2, 0.25) is 0 Å². The standard InChI is InChI=1S/C17H18F3N3O/c1-11-14(8-9-15(22-11)17(18,19)20)16(24)21-10-12-4-6-13(7-5-12)23(2)3/h4-9H,10H2,1-3H3,(H,21,24). The molecule has 2 rings (SSSR count). The van der Waals surface area contributed by atoms with E-state index in [1.54, 1.807) is 0 Å². The molecule has 1 aromatic carbocycles. The third-order valence-corrected chi connectivity index (χ3v) is 3.53. The molecule has 0 atom stereocenters. The third kappa shape index (κ3) is 4.24. The van der Waals surface area contributed by atoms with E-state index >= 15 is 0 Å². The first-order valence-electron chi connectivity index (χ1n) is 7.28. The number of amides is 1. The highest BCUT2D eigenvalue weighted by molar-refractivity contribution is 5.95. The highest BCUT2D eigenvalue weighted by Crippen LogP contribution is 2.28. The number of benzene rings is 1. The molecule has 7 heteroatoms. The summed E-state index contributed by atoms with van der Waals surface area (Å²) in [7, 11) is 3.86. The Labute approximate surface area is 138 Å². The fourth-order valence-corrected chi connectivity index (χ4v) is 2.15. The lowest BCUT2D eigenvalue weighted by atomic mass is 10.1. The molecule has 1 amide bonds. The minimum atomic E-state index is -4.52. The molecule has 0 saturated carbocycles. The number of aryl methyl sites for hydroxylation is 1. The van der Waals surface area contributed by atoms with E-state index in [1.807, 2.05) is 43.3 Å². The van der Waals surface area contributed by atoms with Crippen LogP contribution in [0.25, 0.3) is 0 Å². The fraction of sp³-hybridized carbons (Fsp3) is 0.294. The van der Waals surface area contributed by atoms with Crippen molar-refractivity contribution in [2.75, 3.05) is 19.0 Å². The van der Waals surface area contributed by atoms with Crippen molar-refractivity contribution < 1.29 is 18.0 Å². The lowest BCUT2D eigenvalue weighted by Gasteiger charge is -2.13. The average molecular weight is 337 g/mol. The van der Waals surface area contributed by atoms with E-state index < -0.39 is 17.8 Å². The summed E-state index contributed by atoms with van der Waals surface area (Å²) in [6.45, 7) is 1.67. The number of halogens is 3. The van der Waals surface area contributed by atoms with Gasteiger partial charge in [-0.15, -0.1) is 0 Å². The Balaban J connectivity index is 2.05. The Kier molecular flexibility index (Phi) is 5.11. The van der Waals surface area contributed by atoms with Gasteiger partial charge in [0, 0.05) is 26.3 Å². The summed E-state index contributed by atoms with van der Waals surface area (Å²) in [5.41, 5.74) is 1.10. The van der Waals surface area contributed by atoms with E-state index in [9.17, 15) is 18.0 Å². The highest BCUT2D eigenvalue weighted by atomic mass is 19.4. The van der Waals surface area contributed by atoms with Gasteiger partial charge in [0.25, 0.3) is 5.91 Å². The van der Waals surface area contributed by atoms with Crippen LogP contribution in [0.15, 0.2) is 36.4 Å². The number of carbonyl (C=O) groups is 1. The van der Waals surface area contributed by atoms with Crippen molar-refractivity contribution in [3.63, 3.8) is 0 Å². The van der Waals surface area contributed by atoms with Crippen LogP contribution >= 0.6 is 0 Å². The zero-order chi connectivity index (χ0) is 17.9. The van der Waals surface area contributed by atoms with Crippen molar-refractivity contribution in [2.24, 2.45) is 0 Å². The van der Waals surface area contributed by atoms with Crippen LogP contribution in [0.5, 0.6) is 0 Å². The highest BCUT2D eigenvalue weighted by Gasteiger charge is 2.33. The van der Waals surface area contributed by atoms with Gasteiger partial charge in [0.15, 0.2) is 0 Å². The van der Waals surface area contributed by atoms with Gasteiger partial charge in [0.1, 0.15) is 5.69 Å².